The second-order valence-electron chi connectivity index (χ2n) is 3.74. The Hall–Kier alpha value is -2.69. The van der Waals surface area contributed by atoms with Gasteiger partial charge in [-0.2, -0.15) is 0 Å². The van der Waals surface area contributed by atoms with E-state index in [1.54, 1.807) is 48.7 Å². The maximum atomic E-state index is 11.9. The van der Waals surface area contributed by atoms with Crippen molar-refractivity contribution in [1.82, 2.24) is 4.98 Å². The van der Waals surface area contributed by atoms with Crippen LogP contribution in [0.4, 0.5) is 5.69 Å². The van der Waals surface area contributed by atoms with Crippen molar-refractivity contribution in [3.05, 3.63) is 59.9 Å². The van der Waals surface area contributed by atoms with E-state index in [1.807, 2.05) is 0 Å². The van der Waals surface area contributed by atoms with E-state index >= 15 is 0 Å². The van der Waals surface area contributed by atoms with Crippen molar-refractivity contribution < 1.29 is 14.3 Å². The van der Waals surface area contributed by atoms with Gasteiger partial charge in [-0.25, -0.2) is 4.79 Å². The molecular formula is C14H12N2O3. The zero-order valence-corrected chi connectivity index (χ0v) is 10.3. The van der Waals surface area contributed by atoms with Gasteiger partial charge >= 0.3 is 5.97 Å². The molecule has 1 aromatic carbocycles. The molecule has 0 fully saturated rings. The van der Waals surface area contributed by atoms with E-state index in [2.05, 4.69) is 15.0 Å². The Kier molecular flexibility index (Phi) is 3.87. The van der Waals surface area contributed by atoms with Gasteiger partial charge in [0.05, 0.1) is 12.7 Å². The molecule has 0 unspecified atom stereocenters. The van der Waals surface area contributed by atoms with E-state index in [0.717, 1.165) is 0 Å². The fraction of sp³-hybridized carbons (Fsp3) is 0.0714. The number of amides is 1. The van der Waals surface area contributed by atoms with E-state index in [9.17, 15) is 9.59 Å². The highest BCUT2D eigenvalue weighted by Gasteiger charge is 2.09. The predicted molar refractivity (Wildman–Crippen MR) is 70.0 cm³/mol. The molecule has 5 nitrogen and oxygen atoms in total. The second-order valence-corrected chi connectivity index (χ2v) is 3.74. The number of nitrogens with one attached hydrogen (secondary N) is 1. The first-order valence-corrected chi connectivity index (χ1v) is 5.61. The number of carbonyl (C=O) groups excluding carboxylic acids is 2. The lowest BCUT2D eigenvalue weighted by atomic mass is 10.2. The number of pyridine rings is 1. The summed E-state index contributed by atoms with van der Waals surface area (Å²) in [6.45, 7) is 0. The first-order chi connectivity index (χ1) is 9.20. The van der Waals surface area contributed by atoms with Gasteiger partial charge in [-0.05, 0) is 30.3 Å². The van der Waals surface area contributed by atoms with Crippen LogP contribution < -0.4 is 5.32 Å². The van der Waals surface area contributed by atoms with Crippen molar-refractivity contribution in [2.24, 2.45) is 0 Å². The molecule has 0 spiro atoms. The molecule has 0 saturated heterocycles. The number of hydrogen-bond donors (Lipinski definition) is 1. The summed E-state index contributed by atoms with van der Waals surface area (Å²) in [6, 6.07) is 11.6. The Morgan fingerprint density at radius 1 is 1.16 bits per heavy atom. The van der Waals surface area contributed by atoms with Crippen molar-refractivity contribution in [3.8, 4) is 0 Å². The van der Waals surface area contributed by atoms with Crippen LogP contribution in [0.3, 0.4) is 0 Å². The van der Waals surface area contributed by atoms with Crippen LogP contribution in [0.5, 0.6) is 0 Å². The zero-order valence-electron chi connectivity index (χ0n) is 10.3. The molecule has 1 N–H and O–H groups in total. The molecule has 1 heterocycles. The van der Waals surface area contributed by atoms with Gasteiger partial charge in [0.15, 0.2) is 0 Å². The summed E-state index contributed by atoms with van der Waals surface area (Å²) in [5.74, 6) is -0.781. The van der Waals surface area contributed by atoms with Gasteiger partial charge < -0.3 is 10.1 Å². The lowest BCUT2D eigenvalue weighted by molar-refractivity contribution is 0.0600. The quantitative estimate of drug-likeness (QED) is 0.854. The molecule has 0 bridgehead atoms. The summed E-state index contributed by atoms with van der Waals surface area (Å²) in [5, 5.41) is 2.67. The lowest BCUT2D eigenvalue weighted by Crippen LogP contribution is -2.13. The molecule has 1 amide bonds. The number of aromatic nitrogens is 1. The predicted octanol–water partition coefficient (Wildman–Crippen LogP) is 2.12. The van der Waals surface area contributed by atoms with Gasteiger partial charge in [0.1, 0.15) is 5.69 Å². The number of benzene rings is 1. The van der Waals surface area contributed by atoms with E-state index in [-0.39, 0.29) is 5.91 Å². The van der Waals surface area contributed by atoms with Crippen molar-refractivity contribution in [1.29, 1.82) is 0 Å². The zero-order chi connectivity index (χ0) is 13.7. The number of carbonyl (C=O) groups is 2. The summed E-state index contributed by atoms with van der Waals surface area (Å²) in [4.78, 5) is 27.2. The summed E-state index contributed by atoms with van der Waals surface area (Å²) < 4.78 is 4.62. The van der Waals surface area contributed by atoms with Gasteiger partial charge in [0.2, 0.25) is 0 Å². The molecule has 0 atom stereocenters. The van der Waals surface area contributed by atoms with E-state index in [1.165, 1.54) is 7.11 Å². The first kappa shape index (κ1) is 12.8. The van der Waals surface area contributed by atoms with Crippen LogP contribution in [0.15, 0.2) is 48.7 Å². The number of esters is 1. The van der Waals surface area contributed by atoms with Crippen LogP contribution in [-0.4, -0.2) is 24.0 Å². The third kappa shape index (κ3) is 3.16. The van der Waals surface area contributed by atoms with Crippen LogP contribution in [0.25, 0.3) is 0 Å². The second kappa shape index (κ2) is 5.77. The first-order valence-electron chi connectivity index (χ1n) is 5.61. The number of ether oxygens (including phenoxy) is 1. The highest BCUT2D eigenvalue weighted by molar-refractivity contribution is 6.03. The molecule has 0 radical (unpaired) electrons. The third-order valence-electron chi connectivity index (χ3n) is 2.44. The molecule has 2 aromatic rings. The minimum absolute atomic E-state index is 0.311. The number of methoxy groups -OCH3 is 1. The molecule has 2 rings (SSSR count). The van der Waals surface area contributed by atoms with E-state index < -0.39 is 5.97 Å². The minimum Gasteiger partial charge on any atom is -0.465 e. The van der Waals surface area contributed by atoms with Crippen molar-refractivity contribution >= 4 is 17.6 Å². The smallest absolute Gasteiger partial charge is 0.337 e. The van der Waals surface area contributed by atoms with Gasteiger partial charge in [-0.3, -0.25) is 9.78 Å². The molecule has 0 aliphatic carbocycles. The van der Waals surface area contributed by atoms with Crippen molar-refractivity contribution in [2.45, 2.75) is 0 Å². The average Bonchev–Trinajstić information content (AvgIpc) is 2.47. The van der Waals surface area contributed by atoms with Crippen LogP contribution >= 0.6 is 0 Å². The van der Waals surface area contributed by atoms with Gasteiger partial charge in [-0.1, -0.05) is 12.1 Å². The third-order valence-corrected chi connectivity index (χ3v) is 2.44. The Bertz CT molecular complexity index is 597. The Morgan fingerprint density at radius 3 is 2.68 bits per heavy atom. The lowest BCUT2D eigenvalue weighted by Gasteiger charge is -2.06. The number of hydrogen-bond acceptors (Lipinski definition) is 4. The average molecular weight is 256 g/mol. The highest BCUT2D eigenvalue weighted by atomic mass is 16.5. The van der Waals surface area contributed by atoms with E-state index in [0.29, 0.717) is 16.9 Å². The number of nitrogens with zero attached hydrogens (tertiary/aromatic N) is 1. The summed E-state index contributed by atoms with van der Waals surface area (Å²) >= 11 is 0. The monoisotopic (exact) mass is 256 g/mol. The van der Waals surface area contributed by atoms with Gasteiger partial charge in [0.25, 0.3) is 5.91 Å². The van der Waals surface area contributed by atoms with Crippen LogP contribution in [0.1, 0.15) is 20.8 Å². The van der Waals surface area contributed by atoms with Crippen LogP contribution in [0.2, 0.25) is 0 Å². The molecule has 5 heteroatoms. The molecule has 0 aliphatic heterocycles. The SMILES string of the molecule is COC(=O)c1cccc(NC(=O)c2ccccn2)c1. The van der Waals surface area contributed by atoms with Gasteiger partial charge in [0, 0.05) is 11.9 Å². The largest absolute Gasteiger partial charge is 0.465 e. The molecular weight excluding hydrogens is 244 g/mol. The Labute approximate surface area is 110 Å². The fourth-order valence-electron chi connectivity index (χ4n) is 1.53. The number of rotatable bonds is 3. The topological polar surface area (TPSA) is 68.3 Å². The van der Waals surface area contributed by atoms with Crippen LogP contribution in [-0.2, 0) is 4.74 Å². The molecule has 0 aliphatic rings. The Balaban J connectivity index is 2.16. The summed E-state index contributed by atoms with van der Waals surface area (Å²) in [6.07, 6.45) is 1.54. The maximum absolute atomic E-state index is 11.9. The van der Waals surface area contributed by atoms with Crippen molar-refractivity contribution in [3.63, 3.8) is 0 Å². The van der Waals surface area contributed by atoms with Crippen molar-refractivity contribution in [2.75, 3.05) is 12.4 Å². The Morgan fingerprint density at radius 2 is 2.00 bits per heavy atom. The molecule has 19 heavy (non-hydrogen) atoms. The maximum Gasteiger partial charge on any atom is 0.337 e. The minimum atomic E-state index is -0.450. The highest BCUT2D eigenvalue weighted by Crippen LogP contribution is 2.12. The standard InChI is InChI=1S/C14H12N2O3/c1-19-14(18)10-5-4-6-11(9-10)16-13(17)12-7-2-3-8-15-12/h2-9H,1H3,(H,16,17). The number of anilines is 1. The normalized spacial score (nSPS) is 9.74. The molecule has 1 aromatic heterocycles. The summed E-state index contributed by atoms with van der Waals surface area (Å²) in [5.41, 5.74) is 1.20. The fourth-order valence-corrected chi connectivity index (χ4v) is 1.53. The van der Waals surface area contributed by atoms with Gasteiger partial charge in [-0.15, -0.1) is 0 Å². The molecule has 96 valence electrons. The summed E-state index contributed by atoms with van der Waals surface area (Å²) in [7, 11) is 1.31. The van der Waals surface area contributed by atoms with E-state index in [4.69, 9.17) is 0 Å². The van der Waals surface area contributed by atoms with Crippen LogP contribution in [0, 0.1) is 0 Å². The molecule has 0 saturated carbocycles.